The number of esters is 1. The fourth-order valence-corrected chi connectivity index (χ4v) is 1.77. The molecule has 0 amide bonds. The Morgan fingerprint density at radius 1 is 1.04 bits per heavy atom. The predicted octanol–water partition coefficient (Wildman–Crippen LogP) is 3.10. The number of nitriles is 1. The van der Waals surface area contributed by atoms with Crippen LogP contribution in [0.4, 0.5) is 0 Å². The van der Waals surface area contributed by atoms with Gasteiger partial charge in [-0.2, -0.15) is 5.26 Å². The van der Waals surface area contributed by atoms with Crippen molar-refractivity contribution in [2.75, 3.05) is 6.61 Å². The minimum Gasteiger partial charge on any atom is -0.489 e. The van der Waals surface area contributed by atoms with Gasteiger partial charge < -0.3 is 14.2 Å². The van der Waals surface area contributed by atoms with Gasteiger partial charge in [-0.3, -0.25) is 0 Å². The Kier molecular flexibility index (Phi) is 6.01. The number of ether oxygens (including phenoxy) is 3. The molecule has 5 heteroatoms. The van der Waals surface area contributed by atoms with Crippen LogP contribution in [0.25, 0.3) is 0 Å². The van der Waals surface area contributed by atoms with E-state index in [0.29, 0.717) is 18.1 Å². The van der Waals surface area contributed by atoms with Crippen molar-refractivity contribution < 1.29 is 19.0 Å². The van der Waals surface area contributed by atoms with E-state index in [1.54, 1.807) is 24.3 Å². The third kappa shape index (κ3) is 5.71. The van der Waals surface area contributed by atoms with Gasteiger partial charge in [0.25, 0.3) is 0 Å². The van der Waals surface area contributed by atoms with E-state index in [1.807, 2.05) is 36.4 Å². The molecule has 5 nitrogen and oxygen atoms in total. The Balaban J connectivity index is 1.78. The summed E-state index contributed by atoms with van der Waals surface area (Å²) in [5.74, 6) is 0.656. The molecule has 118 valence electrons. The normalized spacial score (nSPS) is 11.1. The van der Waals surface area contributed by atoms with Crippen molar-refractivity contribution in [2.24, 2.45) is 0 Å². The van der Waals surface area contributed by atoms with Gasteiger partial charge >= 0.3 is 5.97 Å². The molecule has 0 unspecified atom stereocenters. The first-order valence-corrected chi connectivity index (χ1v) is 7.16. The fraction of sp³-hybridized carbons (Fsp3) is 0.222. The summed E-state index contributed by atoms with van der Waals surface area (Å²) in [5, 5.41) is 8.55. The van der Waals surface area contributed by atoms with Crippen LogP contribution in [0.2, 0.25) is 0 Å². The van der Waals surface area contributed by atoms with E-state index in [-0.39, 0.29) is 6.61 Å². The van der Waals surface area contributed by atoms with Crippen molar-refractivity contribution in [1.82, 2.24) is 0 Å². The molecule has 0 aliphatic heterocycles. The number of benzene rings is 2. The highest BCUT2D eigenvalue weighted by Crippen LogP contribution is 2.18. The standard InChI is InChI=1S/C18H17NO4/c1-14(11-19)23-18(20)13-22-17-9-7-16(8-10-17)21-12-15-5-3-2-4-6-15/h2-10,14H,12-13H2,1H3/t14-/m1/s1. The van der Waals surface area contributed by atoms with Crippen molar-refractivity contribution in [3.63, 3.8) is 0 Å². The Morgan fingerprint density at radius 3 is 2.26 bits per heavy atom. The van der Waals surface area contributed by atoms with Crippen LogP contribution in [-0.4, -0.2) is 18.7 Å². The number of hydrogen-bond acceptors (Lipinski definition) is 5. The molecule has 0 saturated carbocycles. The Hall–Kier alpha value is -3.00. The third-order valence-electron chi connectivity index (χ3n) is 2.92. The van der Waals surface area contributed by atoms with E-state index in [1.165, 1.54) is 6.92 Å². The highest BCUT2D eigenvalue weighted by atomic mass is 16.6. The molecule has 2 aromatic carbocycles. The van der Waals surface area contributed by atoms with Crippen LogP contribution < -0.4 is 9.47 Å². The third-order valence-corrected chi connectivity index (χ3v) is 2.92. The quantitative estimate of drug-likeness (QED) is 0.735. The van der Waals surface area contributed by atoms with Crippen molar-refractivity contribution >= 4 is 5.97 Å². The number of nitrogens with zero attached hydrogens (tertiary/aromatic N) is 1. The van der Waals surface area contributed by atoms with Gasteiger partial charge in [-0.25, -0.2) is 4.79 Å². The van der Waals surface area contributed by atoms with Crippen molar-refractivity contribution in [3.8, 4) is 17.6 Å². The van der Waals surface area contributed by atoms with Crippen LogP contribution in [-0.2, 0) is 16.1 Å². The van der Waals surface area contributed by atoms with E-state index in [0.717, 1.165) is 5.56 Å². The molecular formula is C18H17NO4. The SMILES string of the molecule is C[C@H](C#N)OC(=O)COc1ccc(OCc2ccccc2)cc1. The molecule has 0 N–H and O–H groups in total. The highest BCUT2D eigenvalue weighted by Gasteiger charge is 2.09. The molecule has 1 atom stereocenters. The second-order valence-electron chi connectivity index (χ2n) is 4.80. The summed E-state index contributed by atoms with van der Waals surface area (Å²) in [7, 11) is 0. The maximum atomic E-state index is 11.4. The van der Waals surface area contributed by atoms with E-state index in [2.05, 4.69) is 0 Å². The molecule has 0 bridgehead atoms. The van der Waals surface area contributed by atoms with E-state index < -0.39 is 12.1 Å². The first kappa shape index (κ1) is 16.4. The molecule has 0 aromatic heterocycles. The van der Waals surface area contributed by atoms with E-state index in [9.17, 15) is 4.79 Å². The van der Waals surface area contributed by atoms with Crippen LogP contribution in [0, 0.1) is 11.3 Å². The zero-order valence-electron chi connectivity index (χ0n) is 12.8. The van der Waals surface area contributed by atoms with Gasteiger partial charge in [0.05, 0.1) is 0 Å². The largest absolute Gasteiger partial charge is 0.489 e. The summed E-state index contributed by atoms with van der Waals surface area (Å²) in [6, 6.07) is 18.6. The summed E-state index contributed by atoms with van der Waals surface area (Å²) < 4.78 is 15.7. The maximum Gasteiger partial charge on any atom is 0.345 e. The van der Waals surface area contributed by atoms with Crippen molar-refractivity contribution in [3.05, 3.63) is 60.2 Å². The topological polar surface area (TPSA) is 68.5 Å². The highest BCUT2D eigenvalue weighted by molar-refractivity contribution is 5.71. The number of hydrogen-bond donors (Lipinski definition) is 0. The average Bonchev–Trinajstić information content (AvgIpc) is 2.60. The molecule has 2 rings (SSSR count). The first-order valence-electron chi connectivity index (χ1n) is 7.16. The lowest BCUT2D eigenvalue weighted by molar-refractivity contribution is -0.148. The number of carbonyl (C=O) groups is 1. The maximum absolute atomic E-state index is 11.4. The molecule has 0 spiro atoms. The van der Waals surface area contributed by atoms with Crippen LogP contribution >= 0.6 is 0 Å². The molecular weight excluding hydrogens is 294 g/mol. The van der Waals surface area contributed by atoms with Gasteiger partial charge in [-0.05, 0) is 36.8 Å². The fourth-order valence-electron chi connectivity index (χ4n) is 1.77. The number of carbonyl (C=O) groups excluding carboxylic acids is 1. The van der Waals surface area contributed by atoms with Gasteiger partial charge in [-0.15, -0.1) is 0 Å². The molecule has 0 saturated heterocycles. The molecule has 0 aliphatic carbocycles. The van der Waals surface area contributed by atoms with Gasteiger partial charge in [0, 0.05) is 0 Å². The summed E-state index contributed by atoms with van der Waals surface area (Å²) in [6.45, 7) is 1.74. The van der Waals surface area contributed by atoms with Crippen LogP contribution in [0.15, 0.2) is 54.6 Å². The molecule has 23 heavy (non-hydrogen) atoms. The minimum absolute atomic E-state index is 0.240. The van der Waals surface area contributed by atoms with E-state index in [4.69, 9.17) is 19.5 Å². The Morgan fingerprint density at radius 2 is 1.65 bits per heavy atom. The Labute approximate surface area is 135 Å². The smallest absolute Gasteiger partial charge is 0.345 e. The minimum atomic E-state index is -0.778. The Bertz CT molecular complexity index is 662. The second kappa shape index (κ2) is 8.44. The molecule has 0 radical (unpaired) electrons. The predicted molar refractivity (Wildman–Crippen MR) is 83.9 cm³/mol. The summed E-state index contributed by atoms with van der Waals surface area (Å²) >= 11 is 0. The van der Waals surface area contributed by atoms with Crippen molar-refractivity contribution in [1.29, 1.82) is 5.26 Å². The molecule has 0 aliphatic rings. The van der Waals surface area contributed by atoms with Crippen LogP contribution in [0.3, 0.4) is 0 Å². The van der Waals surface area contributed by atoms with Crippen molar-refractivity contribution in [2.45, 2.75) is 19.6 Å². The zero-order chi connectivity index (χ0) is 16.5. The van der Waals surface area contributed by atoms with Gasteiger partial charge in [0.2, 0.25) is 0 Å². The van der Waals surface area contributed by atoms with Crippen LogP contribution in [0.1, 0.15) is 12.5 Å². The lowest BCUT2D eigenvalue weighted by atomic mass is 10.2. The second-order valence-corrected chi connectivity index (χ2v) is 4.80. The van der Waals surface area contributed by atoms with Crippen LogP contribution in [0.5, 0.6) is 11.5 Å². The molecule has 0 fully saturated rings. The summed E-state index contributed by atoms with van der Waals surface area (Å²) in [4.78, 5) is 11.4. The molecule has 0 heterocycles. The summed E-state index contributed by atoms with van der Waals surface area (Å²) in [5.41, 5.74) is 1.09. The first-order chi connectivity index (χ1) is 11.2. The molecule has 2 aromatic rings. The average molecular weight is 311 g/mol. The number of rotatable bonds is 7. The monoisotopic (exact) mass is 311 g/mol. The summed E-state index contributed by atoms with van der Waals surface area (Å²) in [6.07, 6.45) is -0.778. The van der Waals surface area contributed by atoms with Gasteiger partial charge in [0.1, 0.15) is 24.2 Å². The van der Waals surface area contributed by atoms with Gasteiger partial charge in [0.15, 0.2) is 12.7 Å². The van der Waals surface area contributed by atoms with E-state index >= 15 is 0 Å². The lowest BCUT2D eigenvalue weighted by Crippen LogP contribution is -2.19. The zero-order valence-corrected chi connectivity index (χ0v) is 12.8. The lowest BCUT2D eigenvalue weighted by Gasteiger charge is -2.09. The van der Waals surface area contributed by atoms with Gasteiger partial charge in [-0.1, -0.05) is 30.3 Å².